The standard InChI is InChI=1S/C24H40O3/c25-24(26)14-7-2-1-6-12-22-19-15-16-20(18-19)23(22)13-8-9-17-27-21-10-4-3-5-11-21/h1,6,19-23H,2-5,7-18H2,(H,25,26)/t19-,20+,22-,23+/m0/s1. The fraction of sp³-hybridized carbons (Fsp3) is 0.875. The van der Waals surface area contributed by atoms with Gasteiger partial charge < -0.3 is 9.84 Å². The molecular formula is C24H40O3. The minimum Gasteiger partial charge on any atom is -0.481 e. The zero-order chi connectivity index (χ0) is 18.9. The van der Waals surface area contributed by atoms with E-state index in [2.05, 4.69) is 12.2 Å². The summed E-state index contributed by atoms with van der Waals surface area (Å²) in [5.74, 6) is 3.09. The largest absolute Gasteiger partial charge is 0.481 e. The Hall–Kier alpha value is -0.830. The zero-order valence-electron chi connectivity index (χ0n) is 17.1. The van der Waals surface area contributed by atoms with Crippen LogP contribution in [0.3, 0.4) is 0 Å². The number of carboxylic acids is 1. The molecule has 0 heterocycles. The molecule has 3 heteroatoms. The van der Waals surface area contributed by atoms with Crippen LogP contribution in [-0.4, -0.2) is 23.8 Å². The van der Waals surface area contributed by atoms with Crippen LogP contribution in [-0.2, 0) is 9.53 Å². The Bertz CT molecular complexity index is 466. The van der Waals surface area contributed by atoms with E-state index in [9.17, 15) is 4.79 Å². The van der Waals surface area contributed by atoms with E-state index in [4.69, 9.17) is 9.84 Å². The van der Waals surface area contributed by atoms with Crippen LogP contribution in [0.4, 0.5) is 0 Å². The Morgan fingerprint density at radius 3 is 2.48 bits per heavy atom. The first-order valence-corrected chi connectivity index (χ1v) is 11.7. The third-order valence-electron chi connectivity index (χ3n) is 7.45. The van der Waals surface area contributed by atoms with E-state index in [0.717, 1.165) is 43.1 Å². The number of carbonyl (C=O) groups is 1. The van der Waals surface area contributed by atoms with E-state index in [1.54, 1.807) is 0 Å². The maximum atomic E-state index is 10.6. The molecule has 3 rings (SSSR count). The second kappa shape index (κ2) is 11.2. The first kappa shape index (κ1) is 20.9. The average molecular weight is 377 g/mol. The van der Waals surface area contributed by atoms with Gasteiger partial charge in [-0.3, -0.25) is 4.79 Å². The second-order valence-corrected chi connectivity index (χ2v) is 9.28. The van der Waals surface area contributed by atoms with Crippen molar-refractivity contribution in [2.24, 2.45) is 23.7 Å². The van der Waals surface area contributed by atoms with E-state index in [-0.39, 0.29) is 0 Å². The van der Waals surface area contributed by atoms with Crippen molar-refractivity contribution in [2.75, 3.05) is 6.61 Å². The third-order valence-corrected chi connectivity index (χ3v) is 7.45. The summed E-state index contributed by atoms with van der Waals surface area (Å²) in [6.45, 7) is 0.972. The van der Waals surface area contributed by atoms with Gasteiger partial charge in [-0.15, -0.1) is 0 Å². The monoisotopic (exact) mass is 376 g/mol. The number of hydrogen-bond acceptors (Lipinski definition) is 2. The molecule has 0 aliphatic heterocycles. The molecule has 0 spiro atoms. The van der Waals surface area contributed by atoms with E-state index >= 15 is 0 Å². The van der Waals surface area contributed by atoms with Crippen LogP contribution >= 0.6 is 0 Å². The predicted octanol–water partition coefficient (Wildman–Crippen LogP) is 6.37. The molecule has 0 aromatic heterocycles. The number of allylic oxidation sites excluding steroid dienone is 2. The maximum absolute atomic E-state index is 10.6. The van der Waals surface area contributed by atoms with Crippen LogP contribution in [0, 0.1) is 23.7 Å². The highest BCUT2D eigenvalue weighted by molar-refractivity contribution is 5.66. The molecule has 0 aromatic rings. The van der Waals surface area contributed by atoms with E-state index in [0.29, 0.717) is 12.5 Å². The zero-order valence-corrected chi connectivity index (χ0v) is 17.1. The van der Waals surface area contributed by atoms with Gasteiger partial charge in [-0.05, 0) is 87.9 Å². The Morgan fingerprint density at radius 2 is 1.70 bits per heavy atom. The molecule has 2 bridgehead atoms. The van der Waals surface area contributed by atoms with E-state index in [1.807, 2.05) is 0 Å². The summed E-state index contributed by atoms with van der Waals surface area (Å²) >= 11 is 0. The van der Waals surface area contributed by atoms with Crippen molar-refractivity contribution in [3.8, 4) is 0 Å². The van der Waals surface area contributed by atoms with Crippen LogP contribution in [0.25, 0.3) is 0 Å². The number of carboxylic acid groups (broad SMARTS) is 1. The average Bonchev–Trinajstić information content (AvgIpc) is 3.27. The molecule has 0 aromatic carbocycles. The highest BCUT2D eigenvalue weighted by atomic mass is 16.5. The lowest BCUT2D eigenvalue weighted by molar-refractivity contribution is -0.137. The van der Waals surface area contributed by atoms with E-state index in [1.165, 1.54) is 77.0 Å². The molecule has 3 fully saturated rings. The lowest BCUT2D eigenvalue weighted by Gasteiger charge is -2.30. The molecule has 3 aliphatic rings. The van der Waals surface area contributed by atoms with Crippen molar-refractivity contribution in [2.45, 2.75) is 102 Å². The molecule has 1 N–H and O–H groups in total. The number of ether oxygens (including phenoxy) is 1. The Kier molecular flexibility index (Phi) is 8.70. The summed E-state index contributed by atoms with van der Waals surface area (Å²) in [7, 11) is 0. The highest BCUT2D eigenvalue weighted by Gasteiger charge is 2.45. The lowest BCUT2D eigenvalue weighted by atomic mass is 9.75. The summed E-state index contributed by atoms with van der Waals surface area (Å²) in [5, 5.41) is 8.71. The third kappa shape index (κ3) is 6.62. The molecule has 4 atom stereocenters. The minimum absolute atomic E-state index is 0.296. The van der Waals surface area contributed by atoms with Crippen molar-refractivity contribution in [1.29, 1.82) is 0 Å². The Labute approximate surface area is 165 Å². The smallest absolute Gasteiger partial charge is 0.303 e. The molecule has 154 valence electrons. The SMILES string of the molecule is O=C(O)CCCC=CC[C@H]1[C@H]2CC[C@H](C2)[C@H]1CCCCOC1CCCCC1. The number of hydrogen-bond donors (Lipinski definition) is 1. The Morgan fingerprint density at radius 1 is 0.926 bits per heavy atom. The number of fused-ring (bicyclic) bond motifs is 2. The van der Waals surface area contributed by atoms with Crippen LogP contribution in [0.2, 0.25) is 0 Å². The highest BCUT2D eigenvalue weighted by Crippen LogP contribution is 2.55. The van der Waals surface area contributed by atoms with Crippen molar-refractivity contribution < 1.29 is 14.6 Å². The molecule has 3 saturated carbocycles. The number of rotatable bonds is 12. The van der Waals surface area contributed by atoms with Crippen molar-refractivity contribution >= 4 is 5.97 Å². The van der Waals surface area contributed by atoms with Gasteiger partial charge in [0.1, 0.15) is 0 Å². The van der Waals surface area contributed by atoms with Gasteiger partial charge in [-0.1, -0.05) is 37.8 Å². The van der Waals surface area contributed by atoms with Crippen LogP contribution in [0.1, 0.15) is 96.3 Å². The first-order valence-electron chi connectivity index (χ1n) is 11.7. The number of unbranched alkanes of at least 4 members (excludes halogenated alkanes) is 2. The second-order valence-electron chi connectivity index (χ2n) is 9.28. The first-order chi connectivity index (χ1) is 13.2. The summed E-state index contributed by atoms with van der Waals surface area (Å²) in [6, 6.07) is 0. The Balaban J connectivity index is 1.31. The van der Waals surface area contributed by atoms with Gasteiger partial charge in [0.25, 0.3) is 0 Å². The van der Waals surface area contributed by atoms with Crippen molar-refractivity contribution in [3.05, 3.63) is 12.2 Å². The number of aliphatic carboxylic acids is 1. The maximum Gasteiger partial charge on any atom is 0.303 e. The predicted molar refractivity (Wildman–Crippen MR) is 110 cm³/mol. The molecular weight excluding hydrogens is 336 g/mol. The normalized spacial score (nSPS) is 31.1. The molecule has 3 nitrogen and oxygen atoms in total. The topological polar surface area (TPSA) is 46.5 Å². The fourth-order valence-corrected chi connectivity index (χ4v) is 6.05. The summed E-state index contributed by atoms with van der Waals surface area (Å²) in [5.41, 5.74) is 0. The fourth-order valence-electron chi connectivity index (χ4n) is 6.05. The molecule has 27 heavy (non-hydrogen) atoms. The van der Waals surface area contributed by atoms with Gasteiger partial charge in [-0.25, -0.2) is 0 Å². The van der Waals surface area contributed by atoms with E-state index < -0.39 is 5.97 Å². The van der Waals surface area contributed by atoms with Gasteiger partial charge in [0.05, 0.1) is 6.10 Å². The summed E-state index contributed by atoms with van der Waals surface area (Å²) < 4.78 is 6.10. The lowest BCUT2D eigenvalue weighted by Crippen LogP contribution is -2.22. The molecule has 0 amide bonds. The van der Waals surface area contributed by atoms with Gasteiger partial charge in [0, 0.05) is 13.0 Å². The van der Waals surface area contributed by atoms with Gasteiger partial charge in [-0.2, -0.15) is 0 Å². The molecule has 0 saturated heterocycles. The summed E-state index contributed by atoms with van der Waals surface area (Å²) in [6.07, 6.45) is 23.4. The quantitative estimate of drug-likeness (QED) is 0.318. The van der Waals surface area contributed by atoms with Crippen LogP contribution in [0.5, 0.6) is 0 Å². The molecule has 3 aliphatic carbocycles. The summed E-state index contributed by atoms with van der Waals surface area (Å²) in [4.78, 5) is 10.6. The van der Waals surface area contributed by atoms with Gasteiger partial charge >= 0.3 is 5.97 Å². The van der Waals surface area contributed by atoms with Crippen molar-refractivity contribution in [1.82, 2.24) is 0 Å². The molecule has 0 unspecified atom stereocenters. The van der Waals surface area contributed by atoms with Crippen molar-refractivity contribution in [3.63, 3.8) is 0 Å². The molecule has 0 radical (unpaired) electrons. The van der Waals surface area contributed by atoms with Crippen LogP contribution in [0.15, 0.2) is 12.2 Å². The van der Waals surface area contributed by atoms with Gasteiger partial charge in [0.2, 0.25) is 0 Å². The van der Waals surface area contributed by atoms with Crippen LogP contribution < -0.4 is 0 Å². The van der Waals surface area contributed by atoms with Gasteiger partial charge in [0.15, 0.2) is 0 Å². The minimum atomic E-state index is -0.677.